The zero-order chi connectivity index (χ0) is 9.97. The molecule has 1 heterocycles. The van der Waals surface area contributed by atoms with Gasteiger partial charge in [0.05, 0.1) is 0 Å². The van der Waals surface area contributed by atoms with Crippen LogP contribution in [0, 0.1) is 0 Å². The Labute approximate surface area is 84.8 Å². The van der Waals surface area contributed by atoms with E-state index in [1.165, 1.54) is 4.90 Å². The summed E-state index contributed by atoms with van der Waals surface area (Å²) in [5.41, 5.74) is 0.620. The number of nitrogens with zero attached hydrogens (tertiary/aromatic N) is 1. The maximum absolute atomic E-state index is 10.8. The lowest BCUT2D eigenvalue weighted by atomic mass is 10.2. The number of benzene rings is 1. The first-order valence-electron chi connectivity index (χ1n) is 4.09. The van der Waals surface area contributed by atoms with E-state index in [9.17, 15) is 4.79 Å². The summed E-state index contributed by atoms with van der Waals surface area (Å²) in [6.07, 6.45) is 2.02. The molecule has 2 aromatic rings. The molecule has 0 fully saturated rings. The molecule has 14 heavy (non-hydrogen) atoms. The van der Waals surface area contributed by atoms with E-state index in [0.717, 1.165) is 5.56 Å². The molecule has 0 aliphatic heterocycles. The van der Waals surface area contributed by atoms with Crippen molar-refractivity contribution in [2.75, 3.05) is 6.26 Å². The Balaban J connectivity index is 2.38. The third-order valence-corrected chi connectivity index (χ3v) is 2.61. The standard InChI is InChI=1S/C9H9N3OS/c1-14-7-4-2-6(3-5-7)8-10-9(13)12-11-8/h2-5H,1H3,(H2,10,11,12,13). The molecule has 2 N–H and O–H groups in total. The molecule has 1 aromatic heterocycles. The van der Waals surface area contributed by atoms with Crippen LogP contribution in [0.2, 0.25) is 0 Å². The molecule has 0 aliphatic carbocycles. The average molecular weight is 207 g/mol. The van der Waals surface area contributed by atoms with Crippen molar-refractivity contribution in [1.82, 2.24) is 15.2 Å². The van der Waals surface area contributed by atoms with Gasteiger partial charge in [-0.3, -0.25) is 4.98 Å². The molecule has 0 atom stereocenters. The molecule has 4 nitrogen and oxygen atoms in total. The Morgan fingerprint density at radius 2 is 2.00 bits per heavy atom. The summed E-state index contributed by atoms with van der Waals surface area (Å²) >= 11 is 1.68. The third kappa shape index (κ3) is 1.72. The molecule has 2 rings (SSSR count). The number of rotatable bonds is 2. The van der Waals surface area contributed by atoms with Crippen molar-refractivity contribution in [3.05, 3.63) is 34.7 Å². The van der Waals surface area contributed by atoms with Gasteiger partial charge in [-0.25, -0.2) is 9.89 Å². The number of thioether (sulfide) groups is 1. The van der Waals surface area contributed by atoms with Crippen LogP contribution in [0.25, 0.3) is 11.4 Å². The first-order chi connectivity index (χ1) is 6.79. The quantitative estimate of drug-likeness (QED) is 0.733. The zero-order valence-corrected chi connectivity index (χ0v) is 8.39. The van der Waals surface area contributed by atoms with Crippen LogP contribution in [0.1, 0.15) is 0 Å². The third-order valence-electron chi connectivity index (χ3n) is 1.86. The number of aromatic amines is 2. The maximum Gasteiger partial charge on any atom is 0.340 e. The molecule has 0 amide bonds. The molecule has 72 valence electrons. The molecular formula is C9H9N3OS. The van der Waals surface area contributed by atoms with Gasteiger partial charge in [-0.1, -0.05) is 12.1 Å². The minimum atomic E-state index is -0.283. The largest absolute Gasteiger partial charge is 0.340 e. The molecule has 1 aromatic carbocycles. The van der Waals surface area contributed by atoms with Crippen LogP contribution in [-0.4, -0.2) is 21.4 Å². The van der Waals surface area contributed by atoms with Gasteiger partial charge in [-0.05, 0) is 18.4 Å². The van der Waals surface area contributed by atoms with Gasteiger partial charge in [0.25, 0.3) is 0 Å². The van der Waals surface area contributed by atoms with Crippen LogP contribution in [0.3, 0.4) is 0 Å². The van der Waals surface area contributed by atoms with Crippen molar-refractivity contribution in [2.24, 2.45) is 0 Å². The highest BCUT2D eigenvalue weighted by Gasteiger charge is 2.01. The van der Waals surface area contributed by atoms with Gasteiger partial charge in [0.2, 0.25) is 0 Å². The van der Waals surface area contributed by atoms with Gasteiger partial charge in [0.15, 0.2) is 5.82 Å². The fourth-order valence-corrected chi connectivity index (χ4v) is 1.56. The number of nitrogens with one attached hydrogen (secondary N) is 2. The molecule has 0 unspecified atom stereocenters. The lowest BCUT2D eigenvalue weighted by Crippen LogP contribution is -2.00. The van der Waals surface area contributed by atoms with Crippen LogP contribution in [-0.2, 0) is 0 Å². The minimum absolute atomic E-state index is 0.283. The molecule has 5 heteroatoms. The van der Waals surface area contributed by atoms with Gasteiger partial charge in [-0.2, -0.15) is 5.10 Å². The lowest BCUT2D eigenvalue weighted by Gasteiger charge is -1.97. The number of hydrogen-bond donors (Lipinski definition) is 2. The number of H-pyrrole nitrogens is 2. The molecule has 0 spiro atoms. The normalized spacial score (nSPS) is 10.4. The van der Waals surface area contributed by atoms with E-state index in [1.807, 2.05) is 30.5 Å². The van der Waals surface area contributed by atoms with Crippen molar-refractivity contribution in [2.45, 2.75) is 4.90 Å². The summed E-state index contributed by atoms with van der Waals surface area (Å²) in [6.45, 7) is 0. The average Bonchev–Trinajstić information content (AvgIpc) is 2.65. The van der Waals surface area contributed by atoms with Gasteiger partial charge in [-0.15, -0.1) is 11.8 Å². The summed E-state index contributed by atoms with van der Waals surface area (Å²) in [5.74, 6) is 0.572. The van der Waals surface area contributed by atoms with Crippen LogP contribution in [0.5, 0.6) is 0 Å². The Kier molecular flexibility index (Phi) is 2.41. The molecule has 0 saturated carbocycles. The molecule has 0 saturated heterocycles. The van der Waals surface area contributed by atoms with Crippen LogP contribution < -0.4 is 5.69 Å². The van der Waals surface area contributed by atoms with E-state index in [-0.39, 0.29) is 5.69 Å². The second kappa shape index (κ2) is 3.71. The summed E-state index contributed by atoms with van der Waals surface area (Å²) in [5, 5.41) is 6.17. The van der Waals surface area contributed by atoms with Crippen molar-refractivity contribution in [3.8, 4) is 11.4 Å². The fourth-order valence-electron chi connectivity index (χ4n) is 1.16. The molecule has 0 bridgehead atoms. The molecular weight excluding hydrogens is 198 g/mol. The van der Waals surface area contributed by atoms with Crippen LogP contribution >= 0.6 is 11.8 Å². The topological polar surface area (TPSA) is 61.5 Å². The number of hydrogen-bond acceptors (Lipinski definition) is 3. The smallest absolute Gasteiger partial charge is 0.289 e. The molecule has 0 radical (unpaired) electrons. The summed E-state index contributed by atoms with van der Waals surface area (Å²) in [6, 6.07) is 7.84. The van der Waals surface area contributed by atoms with Gasteiger partial charge in [0.1, 0.15) is 0 Å². The van der Waals surface area contributed by atoms with E-state index in [4.69, 9.17) is 0 Å². The number of aromatic nitrogens is 3. The van der Waals surface area contributed by atoms with E-state index >= 15 is 0 Å². The van der Waals surface area contributed by atoms with Gasteiger partial charge < -0.3 is 0 Å². The Hall–Kier alpha value is -1.49. The lowest BCUT2D eigenvalue weighted by molar-refractivity contribution is 1.05. The highest BCUT2D eigenvalue weighted by Crippen LogP contribution is 2.19. The predicted molar refractivity (Wildman–Crippen MR) is 56.4 cm³/mol. The van der Waals surface area contributed by atoms with Gasteiger partial charge >= 0.3 is 5.69 Å². The highest BCUT2D eigenvalue weighted by molar-refractivity contribution is 7.98. The second-order valence-corrected chi connectivity index (χ2v) is 3.63. The van der Waals surface area contributed by atoms with E-state index < -0.39 is 0 Å². The van der Waals surface area contributed by atoms with E-state index in [1.54, 1.807) is 11.8 Å². The van der Waals surface area contributed by atoms with E-state index in [0.29, 0.717) is 5.82 Å². The zero-order valence-electron chi connectivity index (χ0n) is 7.57. The minimum Gasteiger partial charge on any atom is -0.289 e. The van der Waals surface area contributed by atoms with Gasteiger partial charge in [0, 0.05) is 10.5 Å². The first kappa shape index (κ1) is 9.08. The van der Waals surface area contributed by atoms with Crippen molar-refractivity contribution >= 4 is 11.8 Å². The fraction of sp³-hybridized carbons (Fsp3) is 0.111. The monoisotopic (exact) mass is 207 g/mol. The summed E-state index contributed by atoms with van der Waals surface area (Å²) in [4.78, 5) is 14.6. The SMILES string of the molecule is CSc1ccc(-c2n[nH]c(=O)[nH]2)cc1. The van der Waals surface area contributed by atoms with Crippen molar-refractivity contribution in [3.63, 3.8) is 0 Å². The molecule has 0 aliphatic rings. The summed E-state index contributed by atoms with van der Waals surface area (Å²) in [7, 11) is 0. The maximum atomic E-state index is 10.8. The van der Waals surface area contributed by atoms with Crippen LogP contribution in [0.4, 0.5) is 0 Å². The van der Waals surface area contributed by atoms with Crippen molar-refractivity contribution < 1.29 is 0 Å². The predicted octanol–water partition coefficient (Wildman–Crippen LogP) is 1.49. The van der Waals surface area contributed by atoms with Crippen LogP contribution in [0.15, 0.2) is 34.0 Å². The van der Waals surface area contributed by atoms with E-state index in [2.05, 4.69) is 15.2 Å². The first-order valence-corrected chi connectivity index (χ1v) is 5.31. The second-order valence-electron chi connectivity index (χ2n) is 2.75. The Morgan fingerprint density at radius 3 is 2.50 bits per heavy atom. The highest BCUT2D eigenvalue weighted by atomic mass is 32.2. The van der Waals surface area contributed by atoms with Crippen molar-refractivity contribution in [1.29, 1.82) is 0 Å². The summed E-state index contributed by atoms with van der Waals surface area (Å²) < 4.78 is 0. The Bertz CT molecular complexity index is 471. The Morgan fingerprint density at radius 1 is 1.29 bits per heavy atom.